The highest BCUT2D eigenvalue weighted by Crippen LogP contribution is 2.38. The number of aromatic nitrogens is 2. The van der Waals surface area contributed by atoms with E-state index < -0.39 is 0 Å². The zero-order chi connectivity index (χ0) is 18.3. The van der Waals surface area contributed by atoms with E-state index in [1.54, 1.807) is 18.5 Å². The highest BCUT2D eigenvalue weighted by Gasteiger charge is 2.16. The van der Waals surface area contributed by atoms with Crippen molar-refractivity contribution in [3.8, 4) is 22.3 Å². The molecule has 0 N–H and O–H groups in total. The van der Waals surface area contributed by atoms with Crippen LogP contribution in [0.1, 0.15) is 16.8 Å². The van der Waals surface area contributed by atoms with Gasteiger partial charge in [-0.3, -0.25) is 9.97 Å². The summed E-state index contributed by atoms with van der Waals surface area (Å²) in [6, 6.07) is 15.0. The van der Waals surface area contributed by atoms with Crippen molar-refractivity contribution >= 4 is 10.9 Å². The number of benzene rings is 2. The van der Waals surface area contributed by atoms with Crippen molar-refractivity contribution in [2.75, 3.05) is 0 Å². The summed E-state index contributed by atoms with van der Waals surface area (Å²) in [5.74, 6) is -0.218. The van der Waals surface area contributed by atoms with Crippen LogP contribution in [-0.2, 0) is 0 Å². The number of fused-ring (bicyclic) bond motifs is 1. The number of halogens is 1. The predicted molar refractivity (Wildman–Crippen MR) is 105 cm³/mol. The molecule has 0 saturated carbocycles. The number of aryl methyl sites for hydroxylation is 3. The second-order valence-electron chi connectivity index (χ2n) is 6.61. The lowest BCUT2D eigenvalue weighted by Gasteiger charge is -2.17. The summed E-state index contributed by atoms with van der Waals surface area (Å²) in [6.07, 6.45) is 3.59. The van der Waals surface area contributed by atoms with E-state index in [9.17, 15) is 4.39 Å². The summed E-state index contributed by atoms with van der Waals surface area (Å²) in [4.78, 5) is 8.83. The zero-order valence-corrected chi connectivity index (χ0v) is 15.0. The van der Waals surface area contributed by atoms with Gasteiger partial charge in [0.1, 0.15) is 5.82 Å². The maximum Gasteiger partial charge on any atom is 0.131 e. The molecule has 26 heavy (non-hydrogen) atoms. The first kappa shape index (κ1) is 16.4. The van der Waals surface area contributed by atoms with Crippen LogP contribution in [0.5, 0.6) is 0 Å². The maximum atomic E-state index is 14.5. The molecule has 0 unspecified atom stereocenters. The minimum Gasteiger partial charge on any atom is -0.265 e. The van der Waals surface area contributed by atoms with Crippen molar-refractivity contribution in [1.82, 2.24) is 9.97 Å². The standard InChI is InChI=1S/C23H19FN2/c1-14-12-21-23(16(3)22(14)17-8-10-25-11-9-17)19(13-15(2)26-21)18-6-4-5-7-20(18)24/h4-13H,1-3H3. The van der Waals surface area contributed by atoms with Crippen LogP contribution in [0.4, 0.5) is 4.39 Å². The Balaban J connectivity index is 2.13. The third-order valence-electron chi connectivity index (χ3n) is 4.81. The Morgan fingerprint density at radius 1 is 0.846 bits per heavy atom. The van der Waals surface area contributed by atoms with Crippen LogP contribution >= 0.6 is 0 Å². The molecule has 0 amide bonds. The van der Waals surface area contributed by atoms with Crippen molar-refractivity contribution in [3.05, 3.63) is 83.6 Å². The van der Waals surface area contributed by atoms with Gasteiger partial charge in [0.15, 0.2) is 0 Å². The highest BCUT2D eigenvalue weighted by molar-refractivity contribution is 6.01. The first-order valence-electron chi connectivity index (χ1n) is 8.63. The minimum atomic E-state index is -0.218. The Morgan fingerprint density at radius 2 is 1.58 bits per heavy atom. The summed E-state index contributed by atoms with van der Waals surface area (Å²) in [7, 11) is 0. The van der Waals surface area contributed by atoms with Crippen LogP contribution in [0.15, 0.2) is 60.9 Å². The van der Waals surface area contributed by atoms with Gasteiger partial charge in [-0.2, -0.15) is 0 Å². The Morgan fingerprint density at radius 3 is 2.31 bits per heavy atom. The fraction of sp³-hybridized carbons (Fsp3) is 0.130. The zero-order valence-electron chi connectivity index (χ0n) is 15.0. The second-order valence-corrected chi connectivity index (χ2v) is 6.61. The van der Waals surface area contributed by atoms with Crippen LogP contribution in [-0.4, -0.2) is 9.97 Å². The topological polar surface area (TPSA) is 25.8 Å². The van der Waals surface area contributed by atoms with Gasteiger partial charge >= 0.3 is 0 Å². The van der Waals surface area contributed by atoms with Crippen LogP contribution in [0.2, 0.25) is 0 Å². The molecule has 0 radical (unpaired) electrons. The summed E-state index contributed by atoms with van der Waals surface area (Å²) in [6.45, 7) is 6.13. The molecule has 2 aromatic heterocycles. The van der Waals surface area contributed by atoms with E-state index in [2.05, 4.69) is 24.9 Å². The Bertz CT molecular complexity index is 1120. The number of rotatable bonds is 2. The maximum absolute atomic E-state index is 14.5. The number of hydrogen-bond acceptors (Lipinski definition) is 2. The SMILES string of the molecule is Cc1cc(-c2ccccc2F)c2c(C)c(-c3ccncc3)c(C)cc2n1. The molecule has 3 heteroatoms. The average molecular weight is 342 g/mol. The lowest BCUT2D eigenvalue weighted by atomic mass is 9.89. The molecule has 4 aromatic rings. The van der Waals surface area contributed by atoms with Gasteiger partial charge in [0.25, 0.3) is 0 Å². The van der Waals surface area contributed by atoms with Gasteiger partial charge in [0, 0.05) is 29.0 Å². The summed E-state index contributed by atoms with van der Waals surface area (Å²) < 4.78 is 14.5. The first-order valence-corrected chi connectivity index (χ1v) is 8.63. The molecule has 0 aliphatic rings. The van der Waals surface area contributed by atoms with Gasteiger partial charge in [0.2, 0.25) is 0 Å². The van der Waals surface area contributed by atoms with Crippen LogP contribution < -0.4 is 0 Å². The lowest BCUT2D eigenvalue weighted by molar-refractivity contribution is 0.631. The van der Waals surface area contributed by atoms with E-state index in [4.69, 9.17) is 4.98 Å². The molecule has 2 aromatic carbocycles. The molecule has 0 bridgehead atoms. The normalized spacial score (nSPS) is 11.1. The molecule has 0 aliphatic heterocycles. The highest BCUT2D eigenvalue weighted by atomic mass is 19.1. The molecule has 0 fully saturated rings. The van der Waals surface area contributed by atoms with E-state index in [0.717, 1.165) is 44.4 Å². The fourth-order valence-corrected chi connectivity index (χ4v) is 3.75. The molecular weight excluding hydrogens is 323 g/mol. The molecular formula is C23H19FN2. The first-order chi connectivity index (χ1) is 12.6. The largest absolute Gasteiger partial charge is 0.265 e. The monoisotopic (exact) mass is 342 g/mol. The molecule has 4 rings (SSSR count). The molecule has 0 saturated heterocycles. The quantitative estimate of drug-likeness (QED) is 0.444. The van der Waals surface area contributed by atoms with Crippen LogP contribution in [0, 0.1) is 26.6 Å². The minimum absolute atomic E-state index is 0.218. The van der Waals surface area contributed by atoms with Crippen molar-refractivity contribution in [2.24, 2.45) is 0 Å². The van der Waals surface area contributed by atoms with E-state index in [0.29, 0.717) is 5.56 Å². The molecule has 128 valence electrons. The third-order valence-corrected chi connectivity index (χ3v) is 4.81. The van der Waals surface area contributed by atoms with Crippen molar-refractivity contribution < 1.29 is 4.39 Å². The van der Waals surface area contributed by atoms with E-state index >= 15 is 0 Å². The molecule has 0 atom stereocenters. The molecule has 0 aliphatic carbocycles. The van der Waals surface area contributed by atoms with Gasteiger partial charge in [0.05, 0.1) is 5.52 Å². The van der Waals surface area contributed by atoms with E-state index in [1.165, 1.54) is 6.07 Å². The van der Waals surface area contributed by atoms with E-state index in [-0.39, 0.29) is 5.82 Å². The smallest absolute Gasteiger partial charge is 0.131 e. The molecule has 0 spiro atoms. The summed E-state index contributed by atoms with van der Waals surface area (Å²) >= 11 is 0. The van der Waals surface area contributed by atoms with Gasteiger partial charge in [-0.05, 0) is 78.9 Å². The third kappa shape index (κ3) is 2.66. The van der Waals surface area contributed by atoms with Crippen molar-refractivity contribution in [2.45, 2.75) is 20.8 Å². The van der Waals surface area contributed by atoms with Gasteiger partial charge in [-0.25, -0.2) is 4.39 Å². The predicted octanol–water partition coefficient (Wildman–Crippen LogP) is 6.03. The fourth-order valence-electron chi connectivity index (χ4n) is 3.75. The molecule has 2 nitrogen and oxygen atoms in total. The Hall–Kier alpha value is -3.07. The number of pyridine rings is 2. The van der Waals surface area contributed by atoms with Crippen LogP contribution in [0.3, 0.4) is 0 Å². The van der Waals surface area contributed by atoms with Gasteiger partial charge in [-0.15, -0.1) is 0 Å². The van der Waals surface area contributed by atoms with Crippen molar-refractivity contribution in [3.63, 3.8) is 0 Å². The summed E-state index contributed by atoms with van der Waals surface area (Å²) in [5.41, 5.74) is 7.80. The second kappa shape index (κ2) is 6.34. The summed E-state index contributed by atoms with van der Waals surface area (Å²) in [5, 5.41) is 0.998. The Labute approximate surface area is 152 Å². The van der Waals surface area contributed by atoms with Crippen molar-refractivity contribution in [1.29, 1.82) is 0 Å². The lowest BCUT2D eigenvalue weighted by Crippen LogP contribution is -1.97. The average Bonchev–Trinajstić information content (AvgIpc) is 2.62. The van der Waals surface area contributed by atoms with E-state index in [1.807, 2.05) is 37.3 Å². The number of hydrogen-bond donors (Lipinski definition) is 0. The van der Waals surface area contributed by atoms with Gasteiger partial charge < -0.3 is 0 Å². The van der Waals surface area contributed by atoms with Gasteiger partial charge in [-0.1, -0.05) is 18.2 Å². The number of nitrogens with zero attached hydrogens (tertiary/aromatic N) is 2. The Kier molecular flexibility index (Phi) is 4.00. The van der Waals surface area contributed by atoms with Crippen LogP contribution in [0.25, 0.3) is 33.2 Å². The molecule has 2 heterocycles.